The smallest absolute Gasteiger partial charge is 0.235 e. The van der Waals surface area contributed by atoms with Gasteiger partial charge in [-0.25, -0.2) is 9.97 Å². The van der Waals surface area contributed by atoms with Crippen LogP contribution >= 0.6 is 11.8 Å². The Morgan fingerprint density at radius 1 is 0.480 bits per heavy atom. The van der Waals surface area contributed by atoms with Gasteiger partial charge in [0, 0.05) is 48.0 Å². The molecule has 50 heavy (non-hydrogen) atoms. The molecule has 11 rings (SSSR count). The summed E-state index contributed by atoms with van der Waals surface area (Å²) < 4.78 is 4.61. The molecule has 0 saturated carbocycles. The molecule has 4 heterocycles. The van der Waals surface area contributed by atoms with Crippen LogP contribution in [0.2, 0.25) is 0 Å². The molecule has 0 radical (unpaired) electrons. The predicted molar refractivity (Wildman–Crippen MR) is 208 cm³/mol. The van der Waals surface area contributed by atoms with E-state index in [9.17, 15) is 0 Å². The third-order valence-electron chi connectivity index (χ3n) is 10.2. The van der Waals surface area contributed by atoms with Gasteiger partial charge in [-0.05, 0) is 90.8 Å². The van der Waals surface area contributed by atoms with Crippen LogP contribution in [0.3, 0.4) is 0 Å². The third-order valence-corrected chi connectivity index (χ3v) is 11.3. The molecule has 4 nitrogen and oxygen atoms in total. The van der Waals surface area contributed by atoms with Gasteiger partial charge in [0.25, 0.3) is 0 Å². The fraction of sp³-hybridized carbons (Fsp3) is 0.0222. The molecular weight excluding hydrogens is 629 g/mol. The van der Waals surface area contributed by atoms with E-state index in [0.717, 1.165) is 27.6 Å². The SMILES string of the molecule is Cc1ccc2c(c1)-c1nc(-n3c4ccccc4c4cc(-c5ccc6c(c5)c5ccccc5n6-c5ccccc5)ccc43)nc3cccc(c13)S2. The lowest BCUT2D eigenvalue weighted by molar-refractivity contribution is 1.01. The largest absolute Gasteiger partial charge is 0.309 e. The average Bonchev–Trinajstić information content (AvgIpc) is 3.68. The Hall–Kier alpha value is -6.17. The maximum atomic E-state index is 5.36. The van der Waals surface area contributed by atoms with Gasteiger partial charge in [-0.2, -0.15) is 0 Å². The van der Waals surface area contributed by atoms with E-state index in [1.807, 2.05) is 0 Å². The first-order valence-electron chi connectivity index (χ1n) is 16.9. The van der Waals surface area contributed by atoms with Gasteiger partial charge in [0.15, 0.2) is 0 Å². The molecular formula is C45H28N4S. The molecule has 0 unspecified atom stereocenters. The Balaban J connectivity index is 1.12. The van der Waals surface area contributed by atoms with Crippen molar-refractivity contribution in [3.8, 4) is 34.0 Å². The summed E-state index contributed by atoms with van der Waals surface area (Å²) in [6.07, 6.45) is 0. The molecule has 5 heteroatoms. The van der Waals surface area contributed by atoms with Crippen molar-refractivity contribution in [1.29, 1.82) is 0 Å². The summed E-state index contributed by atoms with van der Waals surface area (Å²) in [5.41, 5.74) is 12.5. The van der Waals surface area contributed by atoms with Crippen molar-refractivity contribution in [2.24, 2.45) is 0 Å². The zero-order valence-corrected chi connectivity index (χ0v) is 27.9. The quantitative estimate of drug-likeness (QED) is 0.190. The Labute approximate surface area is 292 Å². The lowest BCUT2D eigenvalue weighted by Crippen LogP contribution is -2.05. The topological polar surface area (TPSA) is 35.6 Å². The van der Waals surface area contributed by atoms with Crippen molar-refractivity contribution in [3.63, 3.8) is 0 Å². The first-order valence-corrected chi connectivity index (χ1v) is 17.7. The molecule has 0 aliphatic carbocycles. The summed E-state index contributed by atoms with van der Waals surface area (Å²) in [7, 11) is 0. The number of nitrogens with zero attached hydrogens (tertiary/aromatic N) is 4. The zero-order chi connectivity index (χ0) is 32.9. The van der Waals surface area contributed by atoms with Crippen LogP contribution in [0, 0.1) is 6.92 Å². The van der Waals surface area contributed by atoms with Crippen molar-refractivity contribution in [1.82, 2.24) is 19.1 Å². The molecule has 0 fully saturated rings. The van der Waals surface area contributed by atoms with E-state index >= 15 is 0 Å². The van der Waals surface area contributed by atoms with Crippen LogP contribution in [0.15, 0.2) is 161 Å². The number of aryl methyl sites for hydroxylation is 1. The van der Waals surface area contributed by atoms with E-state index in [1.54, 1.807) is 11.8 Å². The molecule has 0 N–H and O–H groups in total. The van der Waals surface area contributed by atoms with E-state index in [0.29, 0.717) is 5.95 Å². The normalized spacial score (nSPS) is 12.4. The molecule has 7 aromatic carbocycles. The Morgan fingerprint density at radius 2 is 1.12 bits per heavy atom. The molecule has 234 valence electrons. The third kappa shape index (κ3) is 3.95. The minimum Gasteiger partial charge on any atom is -0.309 e. The van der Waals surface area contributed by atoms with E-state index in [4.69, 9.17) is 9.97 Å². The zero-order valence-electron chi connectivity index (χ0n) is 27.1. The number of rotatable bonds is 3. The van der Waals surface area contributed by atoms with Gasteiger partial charge in [0.1, 0.15) is 0 Å². The summed E-state index contributed by atoms with van der Waals surface area (Å²) in [4.78, 5) is 13.0. The van der Waals surface area contributed by atoms with Gasteiger partial charge in [-0.3, -0.25) is 4.57 Å². The molecule has 0 bridgehead atoms. The lowest BCUT2D eigenvalue weighted by atomic mass is 10.0. The van der Waals surface area contributed by atoms with Crippen LogP contribution in [0.5, 0.6) is 0 Å². The number of benzene rings is 7. The number of fused-ring (bicyclic) bond motifs is 8. The van der Waals surface area contributed by atoms with E-state index in [-0.39, 0.29) is 0 Å². The number of aromatic nitrogens is 4. The van der Waals surface area contributed by atoms with Crippen molar-refractivity contribution in [2.75, 3.05) is 0 Å². The van der Waals surface area contributed by atoms with E-state index in [1.165, 1.54) is 70.3 Å². The lowest BCUT2D eigenvalue weighted by Gasteiger charge is -2.20. The maximum Gasteiger partial charge on any atom is 0.235 e. The van der Waals surface area contributed by atoms with Gasteiger partial charge in [0.05, 0.1) is 33.3 Å². The molecule has 0 spiro atoms. The van der Waals surface area contributed by atoms with Crippen molar-refractivity contribution < 1.29 is 0 Å². The van der Waals surface area contributed by atoms with E-state index in [2.05, 4.69) is 168 Å². The van der Waals surface area contributed by atoms with Crippen molar-refractivity contribution in [3.05, 3.63) is 157 Å². The second-order valence-electron chi connectivity index (χ2n) is 13.1. The van der Waals surface area contributed by atoms with Crippen molar-refractivity contribution in [2.45, 2.75) is 16.7 Å². The predicted octanol–water partition coefficient (Wildman–Crippen LogP) is 11.9. The second-order valence-corrected chi connectivity index (χ2v) is 14.2. The molecule has 0 atom stereocenters. The van der Waals surface area contributed by atoms with Gasteiger partial charge in [-0.1, -0.05) is 96.2 Å². The van der Waals surface area contributed by atoms with Gasteiger partial charge >= 0.3 is 0 Å². The highest BCUT2D eigenvalue weighted by atomic mass is 32.2. The highest BCUT2D eigenvalue weighted by Gasteiger charge is 2.24. The Kier molecular flexibility index (Phi) is 5.78. The van der Waals surface area contributed by atoms with Crippen molar-refractivity contribution >= 4 is 66.3 Å². The van der Waals surface area contributed by atoms with Crippen LogP contribution in [-0.2, 0) is 0 Å². The average molecular weight is 657 g/mol. The first kappa shape index (κ1) is 27.7. The van der Waals surface area contributed by atoms with Crippen LogP contribution in [0.4, 0.5) is 0 Å². The number of hydrogen-bond donors (Lipinski definition) is 0. The van der Waals surface area contributed by atoms with Gasteiger partial charge < -0.3 is 4.57 Å². The molecule has 3 aromatic heterocycles. The fourth-order valence-corrected chi connectivity index (χ4v) is 9.02. The van der Waals surface area contributed by atoms with Crippen LogP contribution in [0.25, 0.3) is 88.5 Å². The van der Waals surface area contributed by atoms with Crippen LogP contribution in [0.1, 0.15) is 5.56 Å². The summed E-state index contributed by atoms with van der Waals surface area (Å²) in [6, 6.07) is 54.7. The fourth-order valence-electron chi connectivity index (χ4n) is 7.93. The van der Waals surface area contributed by atoms with Gasteiger partial charge in [-0.15, -0.1) is 0 Å². The van der Waals surface area contributed by atoms with E-state index < -0.39 is 0 Å². The minimum atomic E-state index is 0.693. The Morgan fingerprint density at radius 3 is 1.86 bits per heavy atom. The molecule has 1 aliphatic rings. The Bertz CT molecular complexity index is 3030. The summed E-state index contributed by atoms with van der Waals surface area (Å²) in [6.45, 7) is 2.15. The van der Waals surface area contributed by atoms with Gasteiger partial charge in [0.2, 0.25) is 5.95 Å². The summed E-state index contributed by atoms with van der Waals surface area (Å²) >= 11 is 1.80. The summed E-state index contributed by atoms with van der Waals surface area (Å²) in [5, 5.41) is 6.00. The number of para-hydroxylation sites is 3. The molecule has 1 aliphatic heterocycles. The maximum absolute atomic E-state index is 5.36. The molecule has 10 aromatic rings. The monoisotopic (exact) mass is 656 g/mol. The minimum absolute atomic E-state index is 0.693. The van der Waals surface area contributed by atoms with Crippen LogP contribution < -0.4 is 0 Å². The first-order chi connectivity index (χ1) is 24.7. The number of hydrogen-bond acceptors (Lipinski definition) is 3. The highest BCUT2D eigenvalue weighted by Crippen LogP contribution is 2.47. The molecule has 0 amide bonds. The highest BCUT2D eigenvalue weighted by molar-refractivity contribution is 7.99. The summed E-state index contributed by atoms with van der Waals surface area (Å²) in [5.74, 6) is 0.693. The molecule has 0 saturated heterocycles. The van der Waals surface area contributed by atoms with Crippen LogP contribution in [-0.4, -0.2) is 19.1 Å². The second kappa shape index (κ2) is 10.4. The standard InChI is InChI=1S/C45H28N4S/c1-27-18-23-41-35(24-27)44-43-36(14-9-17-42(43)50-41)46-45(47-44)49-38-16-8-6-13-32(38)34-26-29(20-22-40(34)49)28-19-21-39-33(25-28)31-12-5-7-15-37(31)48(39)30-10-3-2-4-11-30/h2-26H,1H3.